The van der Waals surface area contributed by atoms with Gasteiger partial charge in [-0.25, -0.2) is 9.13 Å². The molecule has 0 aliphatic rings. The number of rotatable bonds is 91. The Kier molecular flexibility index (Phi) is 90.1. The van der Waals surface area contributed by atoms with E-state index in [1.54, 1.807) is 0 Å². The summed E-state index contributed by atoms with van der Waals surface area (Å²) in [5, 5.41) is 20.8. The van der Waals surface area contributed by atoms with Crippen LogP contribution in [0.15, 0.2) is 170 Å². The van der Waals surface area contributed by atoms with Crippen LogP contribution in [0.3, 0.4) is 0 Å². The third-order valence-electron chi connectivity index (χ3n) is 20.4. The van der Waals surface area contributed by atoms with E-state index >= 15 is 0 Å². The van der Waals surface area contributed by atoms with Crippen molar-refractivity contribution in [2.75, 3.05) is 39.6 Å². The molecule has 0 aliphatic carbocycles. The molecule has 0 aromatic rings. The van der Waals surface area contributed by atoms with Crippen molar-refractivity contribution in [2.45, 2.75) is 424 Å². The second kappa shape index (κ2) is 94.1. The number of carbonyl (C=O) groups excluding carboxylic acids is 3. The molecule has 18 heteroatoms. The van der Waals surface area contributed by atoms with Crippen molar-refractivity contribution < 1.29 is 75.8 Å². The highest BCUT2D eigenvalue weighted by atomic mass is 31.2. The number of unbranched alkanes of at least 4 members (excludes halogenated alkanes) is 40. The van der Waals surface area contributed by atoms with Gasteiger partial charge in [-0.3, -0.25) is 32.5 Å². The predicted molar refractivity (Wildman–Crippen MR) is 509 cm³/mol. The van der Waals surface area contributed by atoms with Crippen molar-refractivity contribution >= 4 is 33.6 Å². The van der Waals surface area contributed by atoms with E-state index in [9.17, 15) is 43.5 Å². The van der Waals surface area contributed by atoms with Gasteiger partial charge in [-0.1, -0.05) is 396 Å². The van der Waals surface area contributed by atoms with Gasteiger partial charge in [0.2, 0.25) is 0 Å². The monoisotopic (exact) mass is 1730 g/mol. The molecule has 0 spiro atoms. The molecule has 121 heavy (non-hydrogen) atoms. The van der Waals surface area contributed by atoms with Crippen LogP contribution in [0.5, 0.6) is 0 Å². The van der Waals surface area contributed by atoms with Gasteiger partial charge in [0, 0.05) is 19.3 Å². The number of aliphatic hydroxyl groups is 2. The number of ether oxygens (including phenoxy) is 3. The molecule has 0 saturated heterocycles. The van der Waals surface area contributed by atoms with Gasteiger partial charge in [0.05, 0.1) is 26.4 Å². The van der Waals surface area contributed by atoms with Crippen molar-refractivity contribution in [3.05, 3.63) is 170 Å². The molecular weight excluding hydrogens is 1560 g/mol. The molecule has 694 valence electrons. The third kappa shape index (κ3) is 95.4. The van der Waals surface area contributed by atoms with Gasteiger partial charge in [0.25, 0.3) is 0 Å². The maximum absolute atomic E-state index is 13.1. The number of aliphatic hydroxyl groups excluding tert-OH is 2. The minimum atomic E-state index is -4.95. The van der Waals surface area contributed by atoms with Crippen molar-refractivity contribution in [3.63, 3.8) is 0 Å². The standard InChI is InChI=1S/C103H176O16P2/c1-4-7-10-13-16-19-22-25-28-31-34-37-40-43-46-47-48-49-52-54-56-59-62-65-68-71-74-77-80-83-86-89-101(106)113-92-98(104)93-115-120(109,110)116-94-99(105)95-117-121(111,112)118-97-100(119-103(108)91-88-85-82-79-76-73-70-67-64-61-58-55-51-45-42-39-36-33-30-27-24-21-18-15-12-9-6-3)96-114-102(107)90-87-84-81-78-75-72-69-66-63-60-57-53-50-44-41-38-35-32-29-26-23-20-17-14-11-8-5-2/h8,11,16-21,25-30,34-39,43-46,50-51,57,60,98-100,104-105H,4-7,9-10,12-15,22-24,31-33,40-42,47-49,52-56,58-59,61-97H2,1-3H3,(H,109,110)(H,111,112)/b11-8-,19-16-,20-17-,21-18-,28-25-,29-26-,30-27-,37-34-,38-35-,39-36-,46-43-,50-44-,51-45-,60-57-. The summed E-state index contributed by atoms with van der Waals surface area (Å²) in [6.45, 7) is 2.55. The first kappa shape index (κ1) is 116. The zero-order valence-electron chi connectivity index (χ0n) is 76.6. The van der Waals surface area contributed by atoms with Gasteiger partial charge in [-0.15, -0.1) is 0 Å². The Morgan fingerprint density at radius 2 is 0.438 bits per heavy atom. The molecule has 0 saturated carbocycles. The van der Waals surface area contributed by atoms with E-state index in [2.05, 4.69) is 191 Å². The molecule has 16 nitrogen and oxygen atoms in total. The van der Waals surface area contributed by atoms with Crippen LogP contribution >= 0.6 is 15.6 Å². The van der Waals surface area contributed by atoms with Crippen molar-refractivity contribution in [1.82, 2.24) is 0 Å². The van der Waals surface area contributed by atoms with E-state index in [-0.39, 0.29) is 19.3 Å². The number of esters is 3. The highest BCUT2D eigenvalue weighted by Crippen LogP contribution is 2.45. The van der Waals surface area contributed by atoms with E-state index in [1.807, 2.05) is 0 Å². The molecule has 5 unspecified atom stereocenters. The van der Waals surface area contributed by atoms with Gasteiger partial charge in [0.15, 0.2) is 6.10 Å². The second-order valence-electron chi connectivity index (χ2n) is 32.1. The van der Waals surface area contributed by atoms with Gasteiger partial charge >= 0.3 is 33.6 Å². The number of phosphoric acid groups is 2. The Balaban J connectivity index is 4.65. The van der Waals surface area contributed by atoms with E-state index in [1.165, 1.54) is 180 Å². The second-order valence-corrected chi connectivity index (χ2v) is 35.0. The summed E-state index contributed by atoms with van der Waals surface area (Å²) in [5.74, 6) is -1.58. The molecule has 0 rings (SSSR count). The molecule has 5 atom stereocenters. The van der Waals surface area contributed by atoms with Crippen LogP contribution in [0.2, 0.25) is 0 Å². The molecule has 0 heterocycles. The van der Waals surface area contributed by atoms with E-state index < -0.39 is 91.5 Å². The van der Waals surface area contributed by atoms with Crippen LogP contribution in [0, 0.1) is 0 Å². The Hall–Kier alpha value is -5.09. The summed E-state index contributed by atoms with van der Waals surface area (Å²) < 4.78 is 61.6. The first-order valence-corrected chi connectivity index (χ1v) is 51.4. The van der Waals surface area contributed by atoms with Crippen LogP contribution in [0.4, 0.5) is 0 Å². The van der Waals surface area contributed by atoms with Gasteiger partial charge in [-0.05, 0) is 161 Å². The first-order valence-electron chi connectivity index (χ1n) is 48.4. The fraction of sp³-hybridized carbons (Fsp3) is 0.699. The molecule has 4 N–H and O–H groups in total. The molecule has 0 aliphatic heterocycles. The van der Waals surface area contributed by atoms with Gasteiger partial charge in [0.1, 0.15) is 25.4 Å². The summed E-state index contributed by atoms with van der Waals surface area (Å²) >= 11 is 0. The van der Waals surface area contributed by atoms with Crippen LogP contribution in [0.1, 0.15) is 406 Å². The molecule has 0 aromatic carbocycles. The fourth-order valence-corrected chi connectivity index (χ4v) is 14.7. The van der Waals surface area contributed by atoms with Crippen LogP contribution in [-0.4, -0.2) is 95.9 Å². The van der Waals surface area contributed by atoms with Crippen LogP contribution in [0.25, 0.3) is 0 Å². The Morgan fingerprint density at radius 1 is 0.240 bits per heavy atom. The van der Waals surface area contributed by atoms with E-state index in [4.69, 9.17) is 32.3 Å². The lowest BCUT2D eigenvalue weighted by Gasteiger charge is -2.21. The molecule has 0 amide bonds. The third-order valence-corrected chi connectivity index (χ3v) is 22.3. The largest absolute Gasteiger partial charge is 0.472 e. The van der Waals surface area contributed by atoms with Crippen molar-refractivity contribution in [1.29, 1.82) is 0 Å². The lowest BCUT2D eigenvalue weighted by atomic mass is 10.0. The number of phosphoric ester groups is 2. The summed E-state index contributed by atoms with van der Waals surface area (Å²) in [7, 11) is -9.82. The Morgan fingerprint density at radius 3 is 0.694 bits per heavy atom. The van der Waals surface area contributed by atoms with Crippen molar-refractivity contribution in [2.24, 2.45) is 0 Å². The topological polar surface area (TPSA) is 231 Å². The van der Waals surface area contributed by atoms with Crippen LogP contribution < -0.4 is 0 Å². The highest BCUT2D eigenvalue weighted by Gasteiger charge is 2.30. The predicted octanol–water partition coefficient (Wildman–Crippen LogP) is 30.2. The number of hydrogen-bond donors (Lipinski definition) is 4. The van der Waals surface area contributed by atoms with E-state index in [0.717, 1.165) is 167 Å². The molecule has 0 radical (unpaired) electrons. The molecular formula is C103H176O16P2. The summed E-state index contributed by atoms with van der Waals surface area (Å²) in [6, 6.07) is 0. The number of carbonyl (C=O) groups is 3. The highest BCUT2D eigenvalue weighted by molar-refractivity contribution is 7.47. The summed E-state index contributed by atoms with van der Waals surface area (Å²) in [5.41, 5.74) is 0. The lowest BCUT2D eigenvalue weighted by Crippen LogP contribution is -2.30. The molecule has 0 bridgehead atoms. The maximum Gasteiger partial charge on any atom is 0.472 e. The minimum absolute atomic E-state index is 0.0940. The molecule has 0 aromatic heterocycles. The normalized spacial score (nSPS) is 14.5. The Bertz CT molecular complexity index is 2880. The number of hydrogen-bond acceptors (Lipinski definition) is 14. The quantitative estimate of drug-likeness (QED) is 0.0146. The lowest BCUT2D eigenvalue weighted by molar-refractivity contribution is -0.161. The Labute approximate surface area is 739 Å². The smallest absolute Gasteiger partial charge is 0.463 e. The van der Waals surface area contributed by atoms with Gasteiger partial charge in [-0.2, -0.15) is 0 Å². The number of allylic oxidation sites excluding steroid dienone is 28. The van der Waals surface area contributed by atoms with Gasteiger partial charge < -0.3 is 34.2 Å². The van der Waals surface area contributed by atoms with Crippen molar-refractivity contribution in [3.8, 4) is 0 Å². The zero-order valence-corrected chi connectivity index (χ0v) is 78.4. The first-order chi connectivity index (χ1) is 59.2. The summed E-state index contributed by atoms with van der Waals surface area (Å²) in [6.07, 6.45) is 122. The van der Waals surface area contributed by atoms with Crippen LogP contribution in [-0.2, 0) is 55.8 Å². The average Bonchev–Trinajstić information content (AvgIpc) is 0.894. The SMILES string of the molecule is CC/C=C\C/C=C\C/C=C\C/C=C\C/C=C\C/C=C\CCCCCCCCCCC(=O)OCC(COP(=O)(O)OCC(O)COP(=O)(O)OCC(O)COC(=O)CCCCCCCCCCCCCCCCC/C=C\C/C=C\C/C=C\C/C=C\CCCCC)OC(=O)CCCCCCCCCCCCC/C=C\C/C=C\C/C=C\C/C=C\CCCCC. The average molecular weight is 1730 g/mol. The maximum atomic E-state index is 13.1. The minimum Gasteiger partial charge on any atom is -0.463 e. The zero-order chi connectivity index (χ0) is 87.9. The summed E-state index contributed by atoms with van der Waals surface area (Å²) in [4.78, 5) is 59.1. The fourth-order valence-electron chi connectivity index (χ4n) is 13.1. The van der Waals surface area contributed by atoms with E-state index in [0.29, 0.717) is 19.3 Å². The molecule has 0 fully saturated rings.